The van der Waals surface area contributed by atoms with Gasteiger partial charge in [-0.25, -0.2) is 0 Å². The second-order valence-corrected chi connectivity index (χ2v) is 4.20. The van der Waals surface area contributed by atoms with Gasteiger partial charge >= 0.3 is 0 Å². The molecule has 1 rings (SSSR count). The van der Waals surface area contributed by atoms with Crippen molar-refractivity contribution in [3.8, 4) is 0 Å². The van der Waals surface area contributed by atoms with Crippen molar-refractivity contribution in [2.75, 3.05) is 0 Å². The highest BCUT2D eigenvalue weighted by atomic mass is 32.1. The van der Waals surface area contributed by atoms with Crippen LogP contribution in [0.25, 0.3) is 0 Å². The molecule has 1 unspecified atom stereocenters. The molecular formula is C11H16N2OS. The Kier molecular flexibility index (Phi) is 4.03. The van der Waals surface area contributed by atoms with Crippen molar-refractivity contribution < 1.29 is 0 Å². The first-order valence-corrected chi connectivity index (χ1v) is 5.46. The molecule has 0 aliphatic rings. The fourth-order valence-electron chi connectivity index (χ4n) is 1.33. The van der Waals surface area contributed by atoms with E-state index in [2.05, 4.69) is 13.8 Å². The van der Waals surface area contributed by atoms with E-state index in [1.807, 2.05) is 0 Å². The Morgan fingerprint density at radius 1 is 1.67 bits per heavy atom. The summed E-state index contributed by atoms with van der Waals surface area (Å²) in [6, 6.07) is 3.47. The normalized spacial score (nSPS) is 12.4. The Bertz CT molecular complexity index is 411. The van der Waals surface area contributed by atoms with E-state index in [1.54, 1.807) is 22.9 Å². The molecule has 1 aromatic rings. The zero-order chi connectivity index (χ0) is 11.4. The highest BCUT2D eigenvalue weighted by Crippen LogP contribution is 2.03. The summed E-state index contributed by atoms with van der Waals surface area (Å²) in [5, 5.41) is 0. The van der Waals surface area contributed by atoms with Crippen LogP contribution in [0, 0.1) is 5.92 Å². The molecule has 4 heteroatoms. The Labute approximate surface area is 94.9 Å². The SMILES string of the molecule is CCC(C)Cn1cccc(C(N)=S)c1=O. The van der Waals surface area contributed by atoms with Gasteiger partial charge in [0, 0.05) is 12.7 Å². The fourth-order valence-corrected chi connectivity index (χ4v) is 1.49. The Morgan fingerprint density at radius 2 is 2.33 bits per heavy atom. The van der Waals surface area contributed by atoms with E-state index >= 15 is 0 Å². The fraction of sp³-hybridized carbons (Fsp3) is 0.455. The topological polar surface area (TPSA) is 48.0 Å². The molecule has 0 spiro atoms. The lowest BCUT2D eigenvalue weighted by atomic mass is 10.1. The number of nitrogens with two attached hydrogens (primary N) is 1. The molecular weight excluding hydrogens is 208 g/mol. The first-order valence-electron chi connectivity index (χ1n) is 5.05. The Morgan fingerprint density at radius 3 is 2.87 bits per heavy atom. The summed E-state index contributed by atoms with van der Waals surface area (Å²) >= 11 is 4.82. The zero-order valence-electron chi connectivity index (χ0n) is 9.06. The Hall–Kier alpha value is -1.16. The van der Waals surface area contributed by atoms with Gasteiger partial charge in [0.15, 0.2) is 0 Å². The van der Waals surface area contributed by atoms with Gasteiger partial charge in [0.25, 0.3) is 5.56 Å². The molecule has 0 aliphatic heterocycles. The third-order valence-corrected chi connectivity index (χ3v) is 2.71. The molecule has 0 saturated carbocycles. The van der Waals surface area contributed by atoms with E-state index < -0.39 is 0 Å². The quantitative estimate of drug-likeness (QED) is 0.789. The maximum Gasteiger partial charge on any atom is 0.260 e. The van der Waals surface area contributed by atoms with Gasteiger partial charge in [0.05, 0.1) is 5.56 Å². The van der Waals surface area contributed by atoms with E-state index in [-0.39, 0.29) is 10.5 Å². The van der Waals surface area contributed by atoms with E-state index in [1.165, 1.54) is 0 Å². The maximum atomic E-state index is 11.9. The van der Waals surface area contributed by atoms with Crippen LogP contribution in [0.15, 0.2) is 23.1 Å². The average molecular weight is 224 g/mol. The number of nitrogens with zero attached hydrogens (tertiary/aromatic N) is 1. The molecule has 0 fully saturated rings. The number of thiocarbonyl (C=S) groups is 1. The van der Waals surface area contributed by atoms with Gasteiger partial charge in [-0.3, -0.25) is 4.79 Å². The molecule has 0 aliphatic carbocycles. The number of hydrogen-bond donors (Lipinski definition) is 1. The minimum Gasteiger partial charge on any atom is -0.389 e. The number of hydrogen-bond acceptors (Lipinski definition) is 2. The Balaban J connectivity index is 3.05. The summed E-state index contributed by atoms with van der Waals surface area (Å²) in [7, 11) is 0. The van der Waals surface area contributed by atoms with Gasteiger partial charge in [-0.15, -0.1) is 0 Å². The van der Waals surface area contributed by atoms with Crippen molar-refractivity contribution in [1.29, 1.82) is 0 Å². The predicted octanol–water partition coefficient (Wildman–Crippen LogP) is 1.53. The van der Waals surface area contributed by atoms with Crippen molar-refractivity contribution in [3.63, 3.8) is 0 Å². The molecule has 1 atom stereocenters. The molecule has 82 valence electrons. The first-order chi connectivity index (χ1) is 7.06. The molecule has 0 bridgehead atoms. The maximum absolute atomic E-state index is 11.9. The second kappa shape index (κ2) is 5.07. The zero-order valence-corrected chi connectivity index (χ0v) is 9.88. The van der Waals surface area contributed by atoms with Crippen LogP contribution in [0.1, 0.15) is 25.8 Å². The summed E-state index contributed by atoms with van der Waals surface area (Å²) in [6.07, 6.45) is 2.82. The van der Waals surface area contributed by atoms with Crippen LogP contribution in [0.4, 0.5) is 0 Å². The largest absolute Gasteiger partial charge is 0.389 e. The average Bonchev–Trinajstić information content (AvgIpc) is 2.20. The van der Waals surface area contributed by atoms with Crippen molar-refractivity contribution in [1.82, 2.24) is 4.57 Å². The lowest BCUT2D eigenvalue weighted by Crippen LogP contribution is -2.29. The van der Waals surface area contributed by atoms with Crippen LogP contribution >= 0.6 is 12.2 Å². The van der Waals surface area contributed by atoms with Gasteiger partial charge in [-0.05, 0) is 18.1 Å². The minimum absolute atomic E-state index is 0.0923. The molecule has 3 nitrogen and oxygen atoms in total. The predicted molar refractivity (Wildman–Crippen MR) is 66.0 cm³/mol. The highest BCUT2D eigenvalue weighted by molar-refractivity contribution is 7.80. The molecule has 0 saturated heterocycles. The molecule has 0 radical (unpaired) electrons. The van der Waals surface area contributed by atoms with Gasteiger partial charge in [-0.2, -0.15) is 0 Å². The molecule has 1 heterocycles. The summed E-state index contributed by atoms with van der Waals surface area (Å²) < 4.78 is 1.67. The lowest BCUT2D eigenvalue weighted by Gasteiger charge is -2.11. The number of pyridine rings is 1. The lowest BCUT2D eigenvalue weighted by molar-refractivity contribution is 0.459. The van der Waals surface area contributed by atoms with Gasteiger partial charge in [0.2, 0.25) is 0 Å². The van der Waals surface area contributed by atoms with Crippen molar-refractivity contribution in [2.45, 2.75) is 26.8 Å². The standard InChI is InChI=1S/C11H16N2OS/c1-3-8(2)7-13-6-4-5-9(10(12)15)11(13)14/h4-6,8H,3,7H2,1-2H3,(H2,12,15). The monoisotopic (exact) mass is 224 g/mol. The van der Waals surface area contributed by atoms with Crippen LogP contribution < -0.4 is 11.3 Å². The summed E-state index contributed by atoms with van der Waals surface area (Å²) in [5.74, 6) is 0.476. The van der Waals surface area contributed by atoms with E-state index in [9.17, 15) is 4.79 Å². The third-order valence-electron chi connectivity index (χ3n) is 2.49. The molecule has 0 aromatic carbocycles. The van der Waals surface area contributed by atoms with E-state index in [0.717, 1.165) is 6.42 Å². The van der Waals surface area contributed by atoms with E-state index in [4.69, 9.17) is 18.0 Å². The van der Waals surface area contributed by atoms with Crippen LogP contribution in [-0.2, 0) is 6.54 Å². The number of aromatic nitrogens is 1. The minimum atomic E-state index is -0.0923. The van der Waals surface area contributed by atoms with Crippen molar-refractivity contribution in [2.24, 2.45) is 11.7 Å². The summed E-state index contributed by atoms with van der Waals surface area (Å²) in [4.78, 5) is 12.0. The number of rotatable bonds is 4. The van der Waals surface area contributed by atoms with Crippen LogP contribution in [0.3, 0.4) is 0 Å². The molecule has 0 amide bonds. The molecule has 1 aromatic heterocycles. The van der Waals surface area contributed by atoms with Gasteiger partial charge in [-0.1, -0.05) is 32.5 Å². The summed E-state index contributed by atoms with van der Waals surface area (Å²) in [6.45, 7) is 4.93. The molecule has 15 heavy (non-hydrogen) atoms. The van der Waals surface area contributed by atoms with Crippen molar-refractivity contribution in [3.05, 3.63) is 34.2 Å². The molecule has 2 N–H and O–H groups in total. The summed E-state index contributed by atoms with van der Waals surface area (Å²) in [5.41, 5.74) is 5.80. The first kappa shape index (κ1) is 11.9. The third kappa shape index (κ3) is 2.89. The highest BCUT2D eigenvalue weighted by Gasteiger charge is 2.07. The van der Waals surface area contributed by atoms with Crippen LogP contribution in [0.2, 0.25) is 0 Å². The smallest absolute Gasteiger partial charge is 0.260 e. The van der Waals surface area contributed by atoms with Gasteiger partial charge in [0.1, 0.15) is 4.99 Å². The second-order valence-electron chi connectivity index (χ2n) is 3.76. The van der Waals surface area contributed by atoms with Crippen LogP contribution in [-0.4, -0.2) is 9.56 Å². The van der Waals surface area contributed by atoms with Crippen LogP contribution in [0.5, 0.6) is 0 Å². The van der Waals surface area contributed by atoms with Crippen molar-refractivity contribution >= 4 is 17.2 Å². The van der Waals surface area contributed by atoms with E-state index in [0.29, 0.717) is 18.0 Å². The van der Waals surface area contributed by atoms with Gasteiger partial charge < -0.3 is 10.3 Å².